The van der Waals surface area contributed by atoms with Gasteiger partial charge < -0.3 is 10.5 Å². The predicted molar refractivity (Wildman–Crippen MR) is 80.0 cm³/mol. The lowest BCUT2D eigenvalue weighted by atomic mass is 9.91. The fraction of sp³-hybridized carbons (Fsp3) is 0.250. The van der Waals surface area contributed by atoms with Crippen molar-refractivity contribution in [3.63, 3.8) is 0 Å². The van der Waals surface area contributed by atoms with E-state index in [1.54, 1.807) is 13.2 Å². The number of hydrogen-bond acceptors (Lipinski definition) is 2. The average molecular weight is 276 g/mol. The minimum Gasteiger partial charge on any atom is -0.496 e. The normalized spacial score (nSPS) is 12.3. The molecule has 1 atom stereocenters. The number of hydrogen-bond donors (Lipinski definition) is 1. The van der Waals surface area contributed by atoms with Gasteiger partial charge in [0, 0.05) is 10.6 Å². The van der Waals surface area contributed by atoms with Crippen molar-refractivity contribution in [2.24, 2.45) is 5.73 Å². The molecule has 0 amide bonds. The SMILES string of the molecule is COc1ccc(Cl)cc1C(N)c1c(C)cccc1C. The molecule has 0 heterocycles. The molecule has 0 aliphatic carbocycles. The third-order valence-corrected chi connectivity index (χ3v) is 3.62. The van der Waals surface area contributed by atoms with Crippen LogP contribution in [0.5, 0.6) is 5.75 Å². The van der Waals surface area contributed by atoms with Crippen LogP contribution in [0.3, 0.4) is 0 Å². The smallest absolute Gasteiger partial charge is 0.124 e. The van der Waals surface area contributed by atoms with E-state index in [0.717, 1.165) is 16.9 Å². The average Bonchev–Trinajstić information content (AvgIpc) is 2.38. The molecule has 0 saturated carbocycles. The van der Waals surface area contributed by atoms with Crippen molar-refractivity contribution in [2.45, 2.75) is 19.9 Å². The standard InChI is InChI=1S/C16H18ClNO/c1-10-5-4-6-11(2)15(10)16(18)13-9-12(17)7-8-14(13)19-3/h4-9,16H,18H2,1-3H3. The van der Waals surface area contributed by atoms with Crippen molar-refractivity contribution in [2.75, 3.05) is 7.11 Å². The van der Waals surface area contributed by atoms with Crippen LogP contribution in [0, 0.1) is 13.8 Å². The first-order valence-electron chi connectivity index (χ1n) is 6.19. The highest BCUT2D eigenvalue weighted by Crippen LogP contribution is 2.33. The number of halogens is 1. The molecule has 0 aliphatic rings. The van der Waals surface area contributed by atoms with E-state index in [0.29, 0.717) is 5.02 Å². The molecule has 2 N–H and O–H groups in total. The second kappa shape index (κ2) is 5.64. The van der Waals surface area contributed by atoms with Gasteiger partial charge in [-0.1, -0.05) is 29.8 Å². The van der Waals surface area contributed by atoms with Gasteiger partial charge in [0.15, 0.2) is 0 Å². The molecule has 100 valence electrons. The van der Waals surface area contributed by atoms with Crippen LogP contribution in [-0.4, -0.2) is 7.11 Å². The zero-order valence-electron chi connectivity index (χ0n) is 11.4. The Balaban J connectivity index is 2.55. The topological polar surface area (TPSA) is 35.2 Å². The molecule has 2 aromatic rings. The van der Waals surface area contributed by atoms with E-state index in [-0.39, 0.29) is 6.04 Å². The van der Waals surface area contributed by atoms with E-state index in [9.17, 15) is 0 Å². The Morgan fingerprint density at radius 2 is 1.74 bits per heavy atom. The molecule has 0 spiro atoms. The Kier molecular flexibility index (Phi) is 4.13. The van der Waals surface area contributed by atoms with Gasteiger partial charge in [-0.3, -0.25) is 0 Å². The molecule has 0 saturated heterocycles. The fourth-order valence-electron chi connectivity index (χ4n) is 2.42. The van der Waals surface area contributed by atoms with E-state index >= 15 is 0 Å². The monoisotopic (exact) mass is 275 g/mol. The minimum absolute atomic E-state index is 0.241. The largest absolute Gasteiger partial charge is 0.496 e. The van der Waals surface area contributed by atoms with E-state index in [2.05, 4.69) is 26.0 Å². The molecule has 0 fully saturated rings. The van der Waals surface area contributed by atoms with Crippen molar-refractivity contribution >= 4 is 11.6 Å². The lowest BCUT2D eigenvalue weighted by molar-refractivity contribution is 0.408. The third kappa shape index (κ3) is 2.75. The maximum absolute atomic E-state index is 6.42. The maximum Gasteiger partial charge on any atom is 0.124 e. The van der Waals surface area contributed by atoms with Gasteiger partial charge in [-0.2, -0.15) is 0 Å². The Hall–Kier alpha value is -1.51. The summed E-state index contributed by atoms with van der Waals surface area (Å²) in [5, 5.41) is 0.664. The predicted octanol–water partition coefficient (Wildman–Crippen LogP) is 4.01. The van der Waals surface area contributed by atoms with Crippen LogP contribution in [0.25, 0.3) is 0 Å². The molecule has 1 unspecified atom stereocenters. The van der Waals surface area contributed by atoms with E-state index in [1.165, 1.54) is 11.1 Å². The van der Waals surface area contributed by atoms with Crippen LogP contribution in [-0.2, 0) is 0 Å². The Labute approximate surface area is 119 Å². The van der Waals surface area contributed by atoms with Gasteiger partial charge in [0.1, 0.15) is 5.75 Å². The molecule has 2 aromatic carbocycles. The van der Waals surface area contributed by atoms with Crippen LogP contribution in [0.1, 0.15) is 28.3 Å². The van der Waals surface area contributed by atoms with Gasteiger partial charge in [-0.25, -0.2) is 0 Å². The van der Waals surface area contributed by atoms with Crippen LogP contribution < -0.4 is 10.5 Å². The Morgan fingerprint density at radius 3 is 2.32 bits per heavy atom. The Morgan fingerprint density at radius 1 is 1.11 bits per heavy atom. The summed E-state index contributed by atoms with van der Waals surface area (Å²) in [6.45, 7) is 4.14. The summed E-state index contributed by atoms with van der Waals surface area (Å²) < 4.78 is 5.38. The van der Waals surface area contributed by atoms with Gasteiger partial charge in [0.25, 0.3) is 0 Å². The first-order valence-corrected chi connectivity index (χ1v) is 6.57. The summed E-state index contributed by atoms with van der Waals surface area (Å²) in [5.41, 5.74) is 10.8. The van der Waals surface area contributed by atoms with Gasteiger partial charge in [0.2, 0.25) is 0 Å². The van der Waals surface area contributed by atoms with Crippen LogP contribution in [0.2, 0.25) is 5.02 Å². The molecule has 2 nitrogen and oxygen atoms in total. The van der Waals surface area contributed by atoms with E-state index in [1.807, 2.05) is 18.2 Å². The van der Waals surface area contributed by atoms with Gasteiger partial charge in [0.05, 0.1) is 13.2 Å². The van der Waals surface area contributed by atoms with Crippen molar-refractivity contribution in [1.29, 1.82) is 0 Å². The summed E-state index contributed by atoms with van der Waals surface area (Å²) in [4.78, 5) is 0. The minimum atomic E-state index is -0.241. The molecular formula is C16H18ClNO. The molecule has 0 bridgehead atoms. The molecule has 3 heteroatoms. The summed E-state index contributed by atoms with van der Waals surface area (Å²) >= 11 is 6.07. The van der Waals surface area contributed by atoms with Crippen LogP contribution >= 0.6 is 11.6 Å². The van der Waals surface area contributed by atoms with E-state index in [4.69, 9.17) is 22.1 Å². The van der Waals surface area contributed by atoms with Gasteiger partial charge in [-0.05, 0) is 48.7 Å². The number of benzene rings is 2. The highest BCUT2D eigenvalue weighted by atomic mass is 35.5. The molecule has 0 aliphatic heterocycles. The maximum atomic E-state index is 6.42. The molecule has 2 rings (SSSR count). The number of rotatable bonds is 3. The summed E-state index contributed by atoms with van der Waals surface area (Å²) in [7, 11) is 1.64. The summed E-state index contributed by atoms with van der Waals surface area (Å²) in [5.74, 6) is 0.763. The van der Waals surface area contributed by atoms with Crippen molar-refractivity contribution in [3.8, 4) is 5.75 Å². The highest BCUT2D eigenvalue weighted by Gasteiger charge is 2.18. The number of aryl methyl sites for hydroxylation is 2. The van der Waals surface area contributed by atoms with Crippen molar-refractivity contribution in [1.82, 2.24) is 0 Å². The molecule has 19 heavy (non-hydrogen) atoms. The molecular weight excluding hydrogens is 258 g/mol. The highest BCUT2D eigenvalue weighted by molar-refractivity contribution is 6.30. The lowest BCUT2D eigenvalue weighted by Gasteiger charge is -2.20. The van der Waals surface area contributed by atoms with Crippen LogP contribution in [0.15, 0.2) is 36.4 Å². The fourth-order valence-corrected chi connectivity index (χ4v) is 2.60. The van der Waals surface area contributed by atoms with Crippen molar-refractivity contribution in [3.05, 3.63) is 63.7 Å². The first kappa shape index (κ1) is 13.9. The second-order valence-corrected chi connectivity index (χ2v) is 5.11. The quantitative estimate of drug-likeness (QED) is 0.918. The number of nitrogens with two attached hydrogens (primary N) is 1. The van der Waals surface area contributed by atoms with Gasteiger partial charge >= 0.3 is 0 Å². The van der Waals surface area contributed by atoms with Crippen LogP contribution in [0.4, 0.5) is 0 Å². The van der Waals surface area contributed by atoms with Crippen molar-refractivity contribution < 1.29 is 4.74 Å². The Bertz CT molecular complexity index is 575. The van der Waals surface area contributed by atoms with Gasteiger partial charge in [-0.15, -0.1) is 0 Å². The van der Waals surface area contributed by atoms with E-state index < -0.39 is 0 Å². The zero-order chi connectivity index (χ0) is 14.0. The lowest BCUT2D eigenvalue weighted by Crippen LogP contribution is -2.15. The molecule has 0 aromatic heterocycles. The first-order chi connectivity index (χ1) is 9.04. The third-order valence-electron chi connectivity index (χ3n) is 3.38. The number of methoxy groups -OCH3 is 1. The number of ether oxygens (including phenoxy) is 1. The molecule has 0 radical (unpaired) electrons. The zero-order valence-corrected chi connectivity index (χ0v) is 12.2. The summed E-state index contributed by atoms with van der Waals surface area (Å²) in [6, 6.07) is 11.5. The second-order valence-electron chi connectivity index (χ2n) is 4.67. The summed E-state index contributed by atoms with van der Waals surface area (Å²) in [6.07, 6.45) is 0.